The number of nitrogens with one attached hydrogen (secondary N) is 2. The normalized spacial score (nSPS) is 11.1. The third-order valence-corrected chi connectivity index (χ3v) is 5.90. The average Bonchev–Trinajstić information content (AvgIpc) is 3.27. The van der Waals surface area contributed by atoms with Gasteiger partial charge in [0, 0.05) is 11.3 Å². The molecule has 168 valence electrons. The molecule has 1 amide bonds. The number of hydrogen-bond donors (Lipinski definition) is 2. The predicted molar refractivity (Wildman–Crippen MR) is 118 cm³/mol. The van der Waals surface area contributed by atoms with E-state index < -0.39 is 21.7 Å². The van der Waals surface area contributed by atoms with Crippen molar-refractivity contribution in [3.63, 3.8) is 0 Å². The summed E-state index contributed by atoms with van der Waals surface area (Å²) in [4.78, 5) is 12.4. The zero-order valence-electron chi connectivity index (χ0n) is 17.2. The van der Waals surface area contributed by atoms with Gasteiger partial charge in [0.1, 0.15) is 11.6 Å². The number of carbonyl (C=O) groups excluding carboxylic acids is 1. The quantitative estimate of drug-likeness (QED) is 0.421. The Morgan fingerprint density at radius 2 is 1.67 bits per heavy atom. The van der Waals surface area contributed by atoms with Gasteiger partial charge in [-0.15, -0.1) is 5.10 Å². The summed E-state index contributed by atoms with van der Waals surface area (Å²) in [5, 5.41) is 10.2. The molecule has 0 aliphatic heterocycles. The van der Waals surface area contributed by atoms with E-state index in [1.54, 1.807) is 24.3 Å². The molecule has 0 aliphatic carbocycles. The van der Waals surface area contributed by atoms with Crippen molar-refractivity contribution in [3.05, 3.63) is 84.2 Å². The lowest BCUT2D eigenvalue weighted by molar-refractivity contribution is 0.102. The van der Waals surface area contributed by atoms with Crippen molar-refractivity contribution in [2.45, 2.75) is 4.90 Å². The van der Waals surface area contributed by atoms with Crippen molar-refractivity contribution in [2.24, 2.45) is 0 Å². The topological polar surface area (TPSA) is 123 Å². The van der Waals surface area contributed by atoms with E-state index >= 15 is 0 Å². The Balaban J connectivity index is 1.44. The fourth-order valence-electron chi connectivity index (χ4n) is 2.89. The van der Waals surface area contributed by atoms with E-state index in [2.05, 4.69) is 20.2 Å². The highest BCUT2D eigenvalue weighted by molar-refractivity contribution is 7.92. The molecule has 0 saturated carbocycles. The Kier molecular flexibility index (Phi) is 6.05. The Hall–Kier alpha value is -4.25. The van der Waals surface area contributed by atoms with Gasteiger partial charge >= 0.3 is 6.01 Å². The minimum atomic E-state index is -3.90. The molecule has 0 aliphatic rings. The first-order chi connectivity index (χ1) is 15.9. The van der Waals surface area contributed by atoms with E-state index in [4.69, 9.17) is 9.15 Å². The molecule has 0 atom stereocenters. The van der Waals surface area contributed by atoms with Gasteiger partial charge in [0.15, 0.2) is 0 Å². The molecule has 4 rings (SSSR count). The van der Waals surface area contributed by atoms with Crippen LogP contribution in [0.3, 0.4) is 0 Å². The van der Waals surface area contributed by atoms with Crippen LogP contribution in [0.15, 0.2) is 82.1 Å². The third-order valence-electron chi connectivity index (χ3n) is 4.51. The summed E-state index contributed by atoms with van der Waals surface area (Å²) >= 11 is 0. The number of rotatable bonds is 7. The van der Waals surface area contributed by atoms with Gasteiger partial charge in [0.25, 0.3) is 21.8 Å². The monoisotopic (exact) mass is 468 g/mol. The van der Waals surface area contributed by atoms with Gasteiger partial charge in [-0.25, -0.2) is 12.8 Å². The molecule has 2 N–H and O–H groups in total. The molecule has 1 heterocycles. The predicted octanol–water partition coefficient (Wildman–Crippen LogP) is 3.94. The Bertz CT molecular complexity index is 1390. The summed E-state index contributed by atoms with van der Waals surface area (Å²) < 4.78 is 50.9. The summed E-state index contributed by atoms with van der Waals surface area (Å²) in [5.41, 5.74) is 1.04. The number of sulfonamides is 1. The van der Waals surface area contributed by atoms with Gasteiger partial charge in [0.2, 0.25) is 0 Å². The van der Waals surface area contributed by atoms with E-state index in [-0.39, 0.29) is 28.1 Å². The summed E-state index contributed by atoms with van der Waals surface area (Å²) in [5.74, 6) is -0.357. The number of halogens is 1. The zero-order chi connectivity index (χ0) is 23.4. The maximum Gasteiger partial charge on any atom is 0.322 e. The minimum Gasteiger partial charge on any atom is -0.496 e. The first kappa shape index (κ1) is 22.0. The summed E-state index contributed by atoms with van der Waals surface area (Å²) in [6.07, 6.45) is 0. The minimum absolute atomic E-state index is 0.0898. The molecule has 3 aromatic carbocycles. The van der Waals surface area contributed by atoms with Gasteiger partial charge in [-0.1, -0.05) is 17.2 Å². The van der Waals surface area contributed by atoms with Crippen molar-refractivity contribution in [1.82, 2.24) is 10.2 Å². The molecular formula is C22H17FN4O5S. The van der Waals surface area contributed by atoms with Crippen molar-refractivity contribution in [1.29, 1.82) is 0 Å². The Morgan fingerprint density at radius 1 is 0.970 bits per heavy atom. The molecule has 11 heteroatoms. The third kappa shape index (κ3) is 4.99. The molecule has 1 aromatic heterocycles. The van der Waals surface area contributed by atoms with Gasteiger partial charge in [-0.3, -0.25) is 14.8 Å². The smallest absolute Gasteiger partial charge is 0.322 e. The van der Waals surface area contributed by atoms with E-state index in [1.165, 1.54) is 31.4 Å². The molecule has 0 fully saturated rings. The number of nitrogens with zero attached hydrogens (tertiary/aromatic N) is 2. The average molecular weight is 468 g/mol. The maximum absolute atomic E-state index is 13.0. The van der Waals surface area contributed by atoms with Gasteiger partial charge in [-0.05, 0) is 60.7 Å². The number of anilines is 2. The number of methoxy groups -OCH3 is 1. The largest absolute Gasteiger partial charge is 0.496 e. The van der Waals surface area contributed by atoms with E-state index in [0.717, 1.165) is 24.3 Å². The summed E-state index contributed by atoms with van der Waals surface area (Å²) in [7, 11) is -2.39. The zero-order valence-corrected chi connectivity index (χ0v) is 18.0. The van der Waals surface area contributed by atoms with Crippen LogP contribution in [0.4, 0.5) is 16.1 Å². The van der Waals surface area contributed by atoms with Gasteiger partial charge in [-0.2, -0.15) is 0 Å². The lowest BCUT2D eigenvalue weighted by atomic mass is 10.2. The molecule has 0 radical (unpaired) electrons. The summed E-state index contributed by atoms with van der Waals surface area (Å²) in [6, 6.07) is 17.1. The number of aromatic nitrogens is 2. The van der Waals surface area contributed by atoms with Crippen LogP contribution in [0, 0.1) is 5.82 Å². The Morgan fingerprint density at radius 3 is 2.36 bits per heavy atom. The standard InChI is InChI=1S/C22H17FN4O5S/c1-31-19-5-3-2-4-18(19)21-25-26-22(32-21)24-20(28)14-6-10-16(11-7-14)27-33(29,30)17-12-8-15(23)9-13-17/h2-13,27H,1H3,(H,24,26,28). The van der Waals surface area contributed by atoms with E-state index in [0.29, 0.717) is 11.3 Å². The SMILES string of the molecule is COc1ccccc1-c1nnc(NC(=O)c2ccc(NS(=O)(=O)c3ccc(F)cc3)cc2)o1. The molecule has 0 unspecified atom stereocenters. The van der Waals surface area contributed by atoms with Crippen molar-refractivity contribution >= 4 is 27.6 Å². The number of carbonyl (C=O) groups is 1. The van der Waals surface area contributed by atoms with Crippen LogP contribution in [0.5, 0.6) is 5.75 Å². The molecule has 9 nitrogen and oxygen atoms in total. The Labute approximate surface area is 188 Å². The summed E-state index contributed by atoms with van der Waals surface area (Å²) in [6.45, 7) is 0. The molecule has 33 heavy (non-hydrogen) atoms. The number of amides is 1. The van der Waals surface area contributed by atoms with Gasteiger partial charge in [0.05, 0.1) is 17.6 Å². The van der Waals surface area contributed by atoms with Crippen LogP contribution in [-0.2, 0) is 10.0 Å². The second kappa shape index (κ2) is 9.09. The molecule has 0 bridgehead atoms. The van der Waals surface area contributed by atoms with Crippen LogP contribution < -0.4 is 14.8 Å². The van der Waals surface area contributed by atoms with E-state index in [1.807, 2.05) is 0 Å². The van der Waals surface area contributed by atoms with Crippen molar-refractivity contribution in [2.75, 3.05) is 17.1 Å². The maximum atomic E-state index is 13.0. The number of para-hydroxylation sites is 1. The van der Waals surface area contributed by atoms with Crippen molar-refractivity contribution < 1.29 is 26.8 Å². The fourth-order valence-corrected chi connectivity index (χ4v) is 3.95. The lowest BCUT2D eigenvalue weighted by Crippen LogP contribution is -2.14. The number of hydrogen-bond acceptors (Lipinski definition) is 7. The van der Waals surface area contributed by atoms with E-state index in [9.17, 15) is 17.6 Å². The van der Waals surface area contributed by atoms with Crippen LogP contribution >= 0.6 is 0 Å². The molecule has 0 spiro atoms. The molecule has 4 aromatic rings. The highest BCUT2D eigenvalue weighted by atomic mass is 32.2. The molecular weight excluding hydrogens is 451 g/mol. The highest BCUT2D eigenvalue weighted by Crippen LogP contribution is 2.29. The second-order valence-electron chi connectivity index (χ2n) is 6.70. The van der Waals surface area contributed by atoms with Crippen LogP contribution in [0.1, 0.15) is 10.4 Å². The lowest BCUT2D eigenvalue weighted by Gasteiger charge is -2.08. The highest BCUT2D eigenvalue weighted by Gasteiger charge is 2.17. The van der Waals surface area contributed by atoms with Crippen LogP contribution in [-0.4, -0.2) is 31.6 Å². The number of ether oxygens (including phenoxy) is 1. The first-order valence-corrected chi connectivity index (χ1v) is 11.0. The second-order valence-corrected chi connectivity index (χ2v) is 8.39. The van der Waals surface area contributed by atoms with Crippen LogP contribution in [0.25, 0.3) is 11.5 Å². The van der Waals surface area contributed by atoms with Crippen LogP contribution in [0.2, 0.25) is 0 Å². The van der Waals surface area contributed by atoms with Gasteiger partial charge < -0.3 is 9.15 Å². The molecule has 0 saturated heterocycles. The fraction of sp³-hybridized carbons (Fsp3) is 0.0455. The number of benzene rings is 3. The first-order valence-electron chi connectivity index (χ1n) is 9.52. The van der Waals surface area contributed by atoms with Crippen molar-refractivity contribution in [3.8, 4) is 17.2 Å².